The number of rotatable bonds is 4. The minimum absolute atomic E-state index is 0.187. The summed E-state index contributed by atoms with van der Waals surface area (Å²) in [5.41, 5.74) is 5.25. The van der Waals surface area contributed by atoms with Crippen LogP contribution in [0.25, 0.3) is 0 Å². The molecule has 0 saturated carbocycles. The second-order valence-corrected chi connectivity index (χ2v) is 4.67. The maximum absolute atomic E-state index is 11.4. The van der Waals surface area contributed by atoms with E-state index in [2.05, 4.69) is 14.9 Å². The maximum atomic E-state index is 11.4. The Morgan fingerprint density at radius 3 is 3.24 bits per heavy atom. The molecule has 2 rings (SSSR count). The Hall–Kier alpha value is -1.07. The molecule has 5 nitrogen and oxygen atoms in total. The van der Waals surface area contributed by atoms with E-state index in [-0.39, 0.29) is 10.6 Å². The summed E-state index contributed by atoms with van der Waals surface area (Å²) in [5, 5.41) is 0.187. The Kier molecular flexibility index (Phi) is 4.02. The van der Waals surface area contributed by atoms with Crippen molar-refractivity contribution in [3.63, 3.8) is 0 Å². The van der Waals surface area contributed by atoms with Gasteiger partial charge in [0.05, 0.1) is 6.33 Å². The number of nitrogens with two attached hydrogens (primary N) is 1. The molecule has 1 fully saturated rings. The standard InChI is InChI=1S/C11H17ClN4O/c12-9-10(14-7-15-11(9)17)16-6-2-4-8(16)3-1-5-13/h7-8H,1-6,13H2,(H,14,15,17). The van der Waals surface area contributed by atoms with Crippen molar-refractivity contribution in [3.05, 3.63) is 21.7 Å². The molecule has 1 aromatic heterocycles. The first-order chi connectivity index (χ1) is 8.24. The van der Waals surface area contributed by atoms with Crippen molar-refractivity contribution in [1.82, 2.24) is 9.97 Å². The third-order valence-corrected chi connectivity index (χ3v) is 3.51. The fraction of sp³-hybridized carbons (Fsp3) is 0.636. The number of aromatic amines is 1. The highest BCUT2D eigenvalue weighted by atomic mass is 35.5. The smallest absolute Gasteiger partial charge is 0.271 e. The zero-order valence-corrected chi connectivity index (χ0v) is 10.4. The summed E-state index contributed by atoms with van der Waals surface area (Å²) in [5.74, 6) is 0.606. The molecular weight excluding hydrogens is 240 g/mol. The molecule has 0 amide bonds. The SMILES string of the molecule is NCCCC1CCCN1c1nc[nH]c(=O)c1Cl. The third kappa shape index (κ3) is 2.61. The van der Waals surface area contributed by atoms with E-state index in [9.17, 15) is 4.79 Å². The molecule has 17 heavy (non-hydrogen) atoms. The number of H-pyrrole nitrogens is 1. The monoisotopic (exact) mass is 256 g/mol. The minimum Gasteiger partial charge on any atom is -0.352 e. The number of nitrogens with one attached hydrogen (secondary N) is 1. The summed E-state index contributed by atoms with van der Waals surface area (Å²) in [7, 11) is 0. The van der Waals surface area contributed by atoms with E-state index in [1.54, 1.807) is 0 Å². The first kappa shape index (κ1) is 12.4. The summed E-state index contributed by atoms with van der Waals surface area (Å²) in [6, 6.07) is 0.408. The summed E-state index contributed by atoms with van der Waals surface area (Å²) in [6.45, 7) is 1.60. The Labute approximate surface area is 105 Å². The van der Waals surface area contributed by atoms with Crippen LogP contribution in [0.1, 0.15) is 25.7 Å². The predicted molar refractivity (Wildman–Crippen MR) is 68.5 cm³/mol. The van der Waals surface area contributed by atoms with Crippen LogP contribution >= 0.6 is 11.6 Å². The van der Waals surface area contributed by atoms with Crippen LogP contribution < -0.4 is 16.2 Å². The molecule has 1 unspecified atom stereocenters. The highest BCUT2D eigenvalue weighted by Crippen LogP contribution is 2.29. The van der Waals surface area contributed by atoms with Crippen LogP contribution in [-0.4, -0.2) is 29.1 Å². The maximum Gasteiger partial charge on any atom is 0.271 e. The molecule has 0 spiro atoms. The lowest BCUT2D eigenvalue weighted by Gasteiger charge is -2.25. The van der Waals surface area contributed by atoms with Gasteiger partial charge in [-0.1, -0.05) is 11.6 Å². The van der Waals surface area contributed by atoms with Gasteiger partial charge in [-0.3, -0.25) is 4.79 Å². The van der Waals surface area contributed by atoms with Crippen LogP contribution in [0.5, 0.6) is 0 Å². The summed E-state index contributed by atoms with van der Waals surface area (Å²) >= 11 is 6.00. The number of hydrogen-bond donors (Lipinski definition) is 2. The van der Waals surface area contributed by atoms with Gasteiger partial charge in [0.2, 0.25) is 0 Å². The molecule has 3 N–H and O–H groups in total. The van der Waals surface area contributed by atoms with Crippen molar-refractivity contribution in [1.29, 1.82) is 0 Å². The van der Waals surface area contributed by atoms with E-state index in [0.717, 1.165) is 32.2 Å². The van der Waals surface area contributed by atoms with Gasteiger partial charge in [-0.05, 0) is 32.2 Å². The lowest BCUT2D eigenvalue weighted by molar-refractivity contribution is 0.582. The topological polar surface area (TPSA) is 75.0 Å². The largest absolute Gasteiger partial charge is 0.352 e. The van der Waals surface area contributed by atoms with E-state index in [1.165, 1.54) is 6.33 Å². The Balaban J connectivity index is 2.20. The fourth-order valence-electron chi connectivity index (χ4n) is 2.34. The van der Waals surface area contributed by atoms with Gasteiger partial charge in [0.1, 0.15) is 5.02 Å². The van der Waals surface area contributed by atoms with E-state index < -0.39 is 0 Å². The highest BCUT2D eigenvalue weighted by Gasteiger charge is 2.27. The molecule has 6 heteroatoms. The minimum atomic E-state index is -0.277. The molecule has 0 aliphatic carbocycles. The molecule has 94 valence electrons. The molecule has 1 aliphatic heterocycles. The molecule has 1 atom stereocenters. The van der Waals surface area contributed by atoms with Crippen LogP contribution in [0, 0.1) is 0 Å². The van der Waals surface area contributed by atoms with Crippen molar-refractivity contribution in [2.45, 2.75) is 31.7 Å². The van der Waals surface area contributed by atoms with Crippen molar-refractivity contribution in [2.24, 2.45) is 5.73 Å². The highest BCUT2D eigenvalue weighted by molar-refractivity contribution is 6.32. The van der Waals surface area contributed by atoms with Gasteiger partial charge >= 0.3 is 0 Å². The number of hydrogen-bond acceptors (Lipinski definition) is 4. The zero-order chi connectivity index (χ0) is 12.3. The average Bonchev–Trinajstić information content (AvgIpc) is 2.78. The molecule has 0 radical (unpaired) electrons. The zero-order valence-electron chi connectivity index (χ0n) is 9.66. The lowest BCUT2D eigenvalue weighted by Crippen LogP contribution is -2.32. The summed E-state index contributed by atoms with van der Waals surface area (Å²) in [6.07, 6.45) is 5.65. The Morgan fingerprint density at radius 2 is 2.47 bits per heavy atom. The van der Waals surface area contributed by atoms with Crippen molar-refractivity contribution < 1.29 is 0 Å². The second-order valence-electron chi connectivity index (χ2n) is 4.29. The first-order valence-corrected chi connectivity index (χ1v) is 6.31. The van der Waals surface area contributed by atoms with E-state index in [1.807, 2.05) is 0 Å². The summed E-state index contributed by atoms with van der Waals surface area (Å²) < 4.78 is 0. The second kappa shape index (κ2) is 5.51. The number of anilines is 1. The molecule has 1 saturated heterocycles. The number of halogens is 1. The summed E-state index contributed by atoms with van der Waals surface area (Å²) in [4.78, 5) is 20.2. The van der Waals surface area contributed by atoms with Crippen LogP contribution in [0.4, 0.5) is 5.82 Å². The molecule has 2 heterocycles. The van der Waals surface area contributed by atoms with Gasteiger partial charge in [0.25, 0.3) is 5.56 Å². The van der Waals surface area contributed by atoms with Crippen LogP contribution in [-0.2, 0) is 0 Å². The van der Waals surface area contributed by atoms with Gasteiger partial charge in [0, 0.05) is 12.6 Å². The first-order valence-electron chi connectivity index (χ1n) is 5.94. The normalized spacial score (nSPS) is 19.9. The van der Waals surface area contributed by atoms with E-state index in [4.69, 9.17) is 17.3 Å². The average molecular weight is 257 g/mol. The van der Waals surface area contributed by atoms with Gasteiger partial charge in [0.15, 0.2) is 5.82 Å². The van der Waals surface area contributed by atoms with Crippen LogP contribution in [0.3, 0.4) is 0 Å². The number of aromatic nitrogens is 2. The third-order valence-electron chi connectivity index (χ3n) is 3.17. The van der Waals surface area contributed by atoms with Crippen molar-refractivity contribution >= 4 is 17.4 Å². The quantitative estimate of drug-likeness (QED) is 0.847. The van der Waals surface area contributed by atoms with Gasteiger partial charge in [-0.15, -0.1) is 0 Å². The fourth-order valence-corrected chi connectivity index (χ4v) is 2.55. The van der Waals surface area contributed by atoms with Crippen molar-refractivity contribution in [2.75, 3.05) is 18.0 Å². The molecule has 1 aliphatic rings. The van der Waals surface area contributed by atoms with Gasteiger partial charge in [-0.25, -0.2) is 4.98 Å². The molecular formula is C11H17ClN4O. The molecule has 0 aromatic carbocycles. The van der Waals surface area contributed by atoms with Gasteiger partial charge in [-0.2, -0.15) is 0 Å². The molecule has 1 aromatic rings. The molecule has 0 bridgehead atoms. The van der Waals surface area contributed by atoms with E-state index >= 15 is 0 Å². The van der Waals surface area contributed by atoms with Crippen molar-refractivity contribution in [3.8, 4) is 0 Å². The van der Waals surface area contributed by atoms with E-state index in [0.29, 0.717) is 18.4 Å². The van der Waals surface area contributed by atoms with Gasteiger partial charge < -0.3 is 15.6 Å². The Morgan fingerprint density at radius 1 is 1.65 bits per heavy atom. The van der Waals surface area contributed by atoms with Crippen LogP contribution in [0.15, 0.2) is 11.1 Å². The predicted octanol–water partition coefficient (Wildman–Crippen LogP) is 1.13. The lowest BCUT2D eigenvalue weighted by atomic mass is 10.1. The Bertz CT molecular complexity index is 434. The number of nitrogens with zero attached hydrogens (tertiary/aromatic N) is 2. The van der Waals surface area contributed by atoms with Crippen LogP contribution in [0.2, 0.25) is 5.02 Å².